The summed E-state index contributed by atoms with van der Waals surface area (Å²) in [7, 11) is 1.83. The van der Waals surface area contributed by atoms with E-state index in [9.17, 15) is 14.4 Å². The van der Waals surface area contributed by atoms with E-state index in [2.05, 4.69) is 10.4 Å². The Hall–Kier alpha value is -2.70. The molecule has 144 valence electrons. The van der Waals surface area contributed by atoms with Gasteiger partial charge in [0.05, 0.1) is 17.1 Å². The normalized spacial score (nSPS) is 17.9. The molecule has 7 heteroatoms. The van der Waals surface area contributed by atoms with Gasteiger partial charge in [-0.05, 0) is 45.2 Å². The number of carbonyl (C=O) groups excluding carboxylic acids is 3. The van der Waals surface area contributed by atoms with Crippen LogP contribution >= 0.6 is 0 Å². The largest absolute Gasteiger partial charge is 0.460 e. The third kappa shape index (κ3) is 4.35. The van der Waals surface area contributed by atoms with Gasteiger partial charge in [-0.3, -0.25) is 24.4 Å². The van der Waals surface area contributed by atoms with Crippen molar-refractivity contribution < 1.29 is 19.1 Å². The highest BCUT2D eigenvalue weighted by atomic mass is 16.6. The average Bonchev–Trinajstić information content (AvgIpc) is 2.88. The number of benzene rings is 1. The van der Waals surface area contributed by atoms with Crippen molar-refractivity contribution in [1.29, 1.82) is 0 Å². The summed E-state index contributed by atoms with van der Waals surface area (Å²) in [6.45, 7) is 5.55. The fourth-order valence-electron chi connectivity index (χ4n) is 3.34. The molecule has 7 nitrogen and oxygen atoms in total. The number of amides is 2. The molecule has 0 bridgehead atoms. The molecular formula is C20H25N3O4. The van der Waals surface area contributed by atoms with Crippen molar-refractivity contribution in [2.45, 2.75) is 58.0 Å². The first kappa shape index (κ1) is 19.1. The molecule has 1 aliphatic heterocycles. The molecule has 1 aliphatic rings. The van der Waals surface area contributed by atoms with Gasteiger partial charge < -0.3 is 4.74 Å². The molecule has 1 aromatic heterocycles. The molecule has 2 amide bonds. The fourth-order valence-corrected chi connectivity index (χ4v) is 3.34. The van der Waals surface area contributed by atoms with Crippen LogP contribution in [0.5, 0.6) is 0 Å². The summed E-state index contributed by atoms with van der Waals surface area (Å²) in [5.41, 5.74) is 2.11. The number of piperidine rings is 1. The van der Waals surface area contributed by atoms with E-state index in [1.54, 1.807) is 4.68 Å². The fraction of sp³-hybridized carbons (Fsp3) is 0.500. The highest BCUT2D eigenvalue weighted by Crippen LogP contribution is 2.30. The van der Waals surface area contributed by atoms with Gasteiger partial charge in [-0.1, -0.05) is 12.1 Å². The van der Waals surface area contributed by atoms with Crippen molar-refractivity contribution in [3.63, 3.8) is 0 Å². The Morgan fingerprint density at radius 3 is 2.74 bits per heavy atom. The van der Waals surface area contributed by atoms with Gasteiger partial charge in [-0.2, -0.15) is 5.10 Å². The molecule has 3 rings (SSSR count). The van der Waals surface area contributed by atoms with Gasteiger partial charge in [0, 0.05) is 25.3 Å². The van der Waals surface area contributed by atoms with Crippen LogP contribution in [-0.4, -0.2) is 33.2 Å². The Labute approximate surface area is 158 Å². The van der Waals surface area contributed by atoms with E-state index in [0.29, 0.717) is 31.4 Å². The molecular weight excluding hydrogens is 346 g/mol. The van der Waals surface area contributed by atoms with E-state index in [4.69, 9.17) is 4.74 Å². The molecule has 2 heterocycles. The zero-order valence-corrected chi connectivity index (χ0v) is 16.2. The van der Waals surface area contributed by atoms with E-state index >= 15 is 0 Å². The summed E-state index contributed by atoms with van der Waals surface area (Å²) in [5, 5.41) is 7.81. The number of nitrogens with one attached hydrogen (secondary N) is 1. The number of fused-ring (bicyclic) bond motifs is 1. The minimum absolute atomic E-state index is 0.225. The highest BCUT2D eigenvalue weighted by Gasteiger charge is 2.31. The van der Waals surface area contributed by atoms with Crippen LogP contribution in [0.2, 0.25) is 0 Å². The van der Waals surface area contributed by atoms with Crippen molar-refractivity contribution in [3.8, 4) is 0 Å². The van der Waals surface area contributed by atoms with Crippen molar-refractivity contribution in [2.75, 3.05) is 0 Å². The summed E-state index contributed by atoms with van der Waals surface area (Å²) in [4.78, 5) is 35.5. The van der Waals surface area contributed by atoms with Crippen LogP contribution in [0.15, 0.2) is 18.2 Å². The van der Waals surface area contributed by atoms with Gasteiger partial charge in [0.15, 0.2) is 0 Å². The smallest absolute Gasteiger partial charge is 0.306 e. The van der Waals surface area contributed by atoms with E-state index in [1.807, 2.05) is 46.0 Å². The van der Waals surface area contributed by atoms with Crippen molar-refractivity contribution in [2.24, 2.45) is 7.05 Å². The third-order valence-corrected chi connectivity index (χ3v) is 4.55. The SMILES string of the molecule is Cn1nc(C2CCC(=O)NC2=O)c2ccc(CCC(=O)OC(C)(C)C)cc21. The first-order chi connectivity index (χ1) is 12.6. The number of imide groups is 1. The van der Waals surface area contributed by atoms with Crippen LogP contribution in [0.4, 0.5) is 0 Å². The second-order valence-electron chi connectivity index (χ2n) is 7.95. The number of esters is 1. The lowest BCUT2D eigenvalue weighted by atomic mass is 9.92. The number of aryl methyl sites for hydroxylation is 2. The topological polar surface area (TPSA) is 90.3 Å². The minimum Gasteiger partial charge on any atom is -0.460 e. The Bertz CT molecular complexity index is 908. The summed E-state index contributed by atoms with van der Waals surface area (Å²) < 4.78 is 7.09. The third-order valence-electron chi connectivity index (χ3n) is 4.55. The molecule has 1 N–H and O–H groups in total. The zero-order chi connectivity index (χ0) is 19.8. The second-order valence-corrected chi connectivity index (χ2v) is 7.95. The summed E-state index contributed by atoms with van der Waals surface area (Å²) in [6.07, 6.45) is 1.67. The molecule has 1 unspecified atom stereocenters. The molecule has 0 spiro atoms. The first-order valence-electron chi connectivity index (χ1n) is 9.15. The summed E-state index contributed by atoms with van der Waals surface area (Å²) >= 11 is 0. The molecule has 0 saturated carbocycles. The second kappa shape index (κ2) is 7.13. The molecule has 1 atom stereocenters. The van der Waals surface area contributed by atoms with Crippen molar-refractivity contribution in [1.82, 2.24) is 15.1 Å². The number of rotatable bonds is 4. The Balaban J connectivity index is 1.79. The van der Waals surface area contributed by atoms with Crippen LogP contribution in [0.3, 0.4) is 0 Å². The van der Waals surface area contributed by atoms with E-state index < -0.39 is 11.5 Å². The van der Waals surface area contributed by atoms with Gasteiger partial charge in [0.1, 0.15) is 5.60 Å². The zero-order valence-electron chi connectivity index (χ0n) is 16.2. The number of nitrogens with zero attached hydrogens (tertiary/aromatic N) is 2. The maximum atomic E-state index is 12.2. The predicted octanol–water partition coefficient (Wildman–Crippen LogP) is 2.37. The van der Waals surface area contributed by atoms with E-state index in [-0.39, 0.29) is 17.8 Å². The van der Waals surface area contributed by atoms with Crippen molar-refractivity contribution >= 4 is 28.7 Å². The van der Waals surface area contributed by atoms with Crippen LogP contribution < -0.4 is 5.32 Å². The summed E-state index contributed by atoms with van der Waals surface area (Å²) in [5.74, 6) is -1.17. The monoisotopic (exact) mass is 371 g/mol. The Morgan fingerprint density at radius 2 is 2.07 bits per heavy atom. The summed E-state index contributed by atoms with van der Waals surface area (Å²) in [6, 6.07) is 5.87. The first-order valence-corrected chi connectivity index (χ1v) is 9.15. The lowest BCUT2D eigenvalue weighted by Crippen LogP contribution is -2.39. The maximum Gasteiger partial charge on any atom is 0.306 e. The molecule has 0 aliphatic carbocycles. The molecule has 27 heavy (non-hydrogen) atoms. The Morgan fingerprint density at radius 1 is 1.33 bits per heavy atom. The average molecular weight is 371 g/mol. The maximum absolute atomic E-state index is 12.2. The van der Waals surface area contributed by atoms with Gasteiger partial charge in [-0.25, -0.2) is 0 Å². The van der Waals surface area contributed by atoms with Crippen molar-refractivity contribution in [3.05, 3.63) is 29.5 Å². The van der Waals surface area contributed by atoms with Gasteiger partial charge in [-0.15, -0.1) is 0 Å². The number of hydrogen-bond acceptors (Lipinski definition) is 5. The van der Waals surface area contributed by atoms with Gasteiger partial charge >= 0.3 is 5.97 Å². The molecule has 0 radical (unpaired) electrons. The van der Waals surface area contributed by atoms with E-state index in [1.165, 1.54) is 0 Å². The number of hydrogen-bond donors (Lipinski definition) is 1. The van der Waals surface area contributed by atoms with E-state index in [0.717, 1.165) is 16.5 Å². The number of carbonyl (C=O) groups is 3. The van der Waals surface area contributed by atoms with Gasteiger partial charge in [0.2, 0.25) is 11.8 Å². The van der Waals surface area contributed by atoms with Crippen LogP contribution in [0, 0.1) is 0 Å². The lowest BCUT2D eigenvalue weighted by molar-refractivity contribution is -0.154. The molecule has 1 fully saturated rings. The van der Waals surface area contributed by atoms with Crippen LogP contribution in [-0.2, 0) is 32.6 Å². The molecule has 2 aromatic rings. The quantitative estimate of drug-likeness (QED) is 0.658. The Kier molecular flexibility index (Phi) is 5.04. The number of aromatic nitrogens is 2. The van der Waals surface area contributed by atoms with Crippen LogP contribution in [0.25, 0.3) is 10.9 Å². The van der Waals surface area contributed by atoms with Crippen LogP contribution in [0.1, 0.15) is 57.2 Å². The van der Waals surface area contributed by atoms with Gasteiger partial charge in [0.25, 0.3) is 0 Å². The number of ether oxygens (including phenoxy) is 1. The lowest BCUT2D eigenvalue weighted by Gasteiger charge is -2.19. The molecule has 1 saturated heterocycles. The predicted molar refractivity (Wildman–Crippen MR) is 100 cm³/mol. The molecule has 1 aromatic carbocycles. The highest BCUT2D eigenvalue weighted by molar-refractivity contribution is 6.02. The standard InChI is InChI=1S/C20H25N3O4/c1-20(2,3)27-17(25)10-6-12-5-7-13-15(11-12)23(4)22-18(13)14-8-9-16(24)21-19(14)26/h5,7,11,14H,6,8-10H2,1-4H3,(H,21,24,26). The minimum atomic E-state index is -0.486.